The summed E-state index contributed by atoms with van der Waals surface area (Å²) in [6.45, 7) is 0. The number of aromatic nitrogens is 3. The summed E-state index contributed by atoms with van der Waals surface area (Å²) in [5.74, 6) is 0.334. The molecule has 0 bridgehead atoms. The van der Waals surface area contributed by atoms with Gasteiger partial charge in [-0.1, -0.05) is 6.07 Å². The van der Waals surface area contributed by atoms with Crippen molar-refractivity contribution in [2.45, 2.75) is 37.8 Å². The molecule has 7 nitrogen and oxygen atoms in total. The first kappa shape index (κ1) is 22.7. The summed E-state index contributed by atoms with van der Waals surface area (Å²) in [4.78, 5) is 36.9. The average Bonchev–Trinajstić information content (AvgIpc) is 3.47. The third kappa shape index (κ3) is 4.25. The topological polar surface area (TPSA) is 94.1 Å². The van der Waals surface area contributed by atoms with Crippen LogP contribution in [0.5, 0.6) is 0 Å². The van der Waals surface area contributed by atoms with Gasteiger partial charge in [0.25, 0.3) is 5.91 Å². The van der Waals surface area contributed by atoms with Crippen LogP contribution in [0.15, 0.2) is 58.5 Å². The van der Waals surface area contributed by atoms with Gasteiger partial charge in [-0.25, -0.2) is 4.98 Å². The van der Waals surface area contributed by atoms with Crippen LogP contribution >= 0.6 is 27.3 Å². The van der Waals surface area contributed by atoms with Crippen molar-refractivity contribution in [1.82, 2.24) is 19.4 Å². The highest BCUT2D eigenvalue weighted by Crippen LogP contribution is 2.37. The number of nitrogens with two attached hydrogens (primary N) is 1. The number of imidazole rings is 1. The monoisotopic (exact) mass is 537 g/mol. The fourth-order valence-corrected chi connectivity index (χ4v) is 6.16. The molecule has 0 spiro atoms. The standard InChI is InChI=1S/C25H24BrN5O2S/c1-30(25(33)21-10-11-22(26)34-21)16-5-4-6-17(14-16)31-20-9-8-15(23(27)32)13-19(20)29-24(31)18-7-2-3-12-28-18/h2-3,7-13,16-17H,4-6,14H2,1H3,(H2,27,32). The Hall–Kier alpha value is -3.04. The Morgan fingerprint density at radius 2 is 2.03 bits per heavy atom. The van der Waals surface area contributed by atoms with Crippen LogP contribution in [0.1, 0.15) is 51.8 Å². The lowest BCUT2D eigenvalue weighted by Crippen LogP contribution is -2.40. The van der Waals surface area contributed by atoms with Crippen LogP contribution in [-0.4, -0.2) is 44.3 Å². The normalized spacial score (nSPS) is 18.2. The molecule has 0 radical (unpaired) electrons. The Balaban J connectivity index is 1.52. The van der Waals surface area contributed by atoms with E-state index in [4.69, 9.17) is 10.7 Å². The number of benzene rings is 1. The van der Waals surface area contributed by atoms with Crippen molar-refractivity contribution >= 4 is 50.1 Å². The number of thiophene rings is 1. The van der Waals surface area contributed by atoms with Crippen molar-refractivity contribution in [3.8, 4) is 11.5 Å². The SMILES string of the molecule is CN(C(=O)c1ccc(Br)s1)C1CCCC(n2c(-c3ccccn3)nc3cc(C(N)=O)ccc32)C1. The van der Waals surface area contributed by atoms with E-state index in [0.717, 1.165) is 51.4 Å². The summed E-state index contributed by atoms with van der Waals surface area (Å²) in [6, 6.07) is 15.2. The molecule has 2 amide bonds. The molecule has 1 aliphatic rings. The number of carbonyl (C=O) groups excluding carboxylic acids is 2. The molecule has 2 N–H and O–H groups in total. The molecule has 2 unspecified atom stereocenters. The van der Waals surface area contributed by atoms with Crippen LogP contribution in [0.2, 0.25) is 0 Å². The van der Waals surface area contributed by atoms with Gasteiger partial charge in [0.15, 0.2) is 5.82 Å². The summed E-state index contributed by atoms with van der Waals surface area (Å²) < 4.78 is 3.18. The fourth-order valence-electron chi connectivity index (χ4n) is 4.79. The molecule has 3 aromatic heterocycles. The molecule has 1 saturated carbocycles. The average molecular weight is 538 g/mol. The smallest absolute Gasteiger partial charge is 0.263 e. The lowest BCUT2D eigenvalue weighted by Gasteiger charge is -2.36. The highest BCUT2D eigenvalue weighted by Gasteiger charge is 2.31. The zero-order chi connectivity index (χ0) is 23.8. The molecule has 0 saturated heterocycles. The lowest BCUT2D eigenvalue weighted by molar-refractivity contribution is 0.0676. The van der Waals surface area contributed by atoms with E-state index in [9.17, 15) is 9.59 Å². The van der Waals surface area contributed by atoms with Gasteiger partial charge in [0, 0.05) is 30.9 Å². The van der Waals surface area contributed by atoms with E-state index in [0.29, 0.717) is 11.1 Å². The number of amides is 2. The van der Waals surface area contributed by atoms with Gasteiger partial charge < -0.3 is 15.2 Å². The summed E-state index contributed by atoms with van der Waals surface area (Å²) in [6.07, 6.45) is 5.51. The summed E-state index contributed by atoms with van der Waals surface area (Å²) in [7, 11) is 1.90. The maximum Gasteiger partial charge on any atom is 0.263 e. The van der Waals surface area contributed by atoms with Crippen LogP contribution in [0.4, 0.5) is 0 Å². The van der Waals surface area contributed by atoms with Gasteiger partial charge in [0.05, 0.1) is 19.7 Å². The third-order valence-electron chi connectivity index (χ3n) is 6.50. The van der Waals surface area contributed by atoms with Gasteiger partial charge >= 0.3 is 0 Å². The number of carbonyl (C=O) groups is 2. The van der Waals surface area contributed by atoms with Gasteiger partial charge in [0.1, 0.15) is 5.69 Å². The Morgan fingerprint density at radius 3 is 2.74 bits per heavy atom. The molecular formula is C25H24BrN5O2S. The second-order valence-corrected chi connectivity index (χ2v) is 11.0. The zero-order valence-electron chi connectivity index (χ0n) is 18.6. The largest absolute Gasteiger partial charge is 0.366 e. The van der Waals surface area contributed by atoms with Crippen LogP contribution in [0.3, 0.4) is 0 Å². The Labute approximate surface area is 209 Å². The first-order valence-corrected chi connectivity index (χ1v) is 12.8. The Bertz CT molecular complexity index is 1370. The minimum atomic E-state index is -0.478. The van der Waals surface area contributed by atoms with E-state index < -0.39 is 5.91 Å². The van der Waals surface area contributed by atoms with E-state index in [1.165, 1.54) is 11.3 Å². The van der Waals surface area contributed by atoms with Crippen molar-refractivity contribution in [2.24, 2.45) is 5.73 Å². The second kappa shape index (κ2) is 9.31. The molecule has 34 heavy (non-hydrogen) atoms. The quantitative estimate of drug-likeness (QED) is 0.374. The van der Waals surface area contributed by atoms with E-state index in [1.807, 2.05) is 48.3 Å². The molecule has 5 rings (SSSR count). The van der Waals surface area contributed by atoms with Crippen LogP contribution < -0.4 is 5.73 Å². The molecule has 3 heterocycles. The number of nitrogens with zero attached hydrogens (tertiary/aromatic N) is 4. The van der Waals surface area contributed by atoms with Gasteiger partial charge in [-0.2, -0.15) is 0 Å². The first-order chi connectivity index (χ1) is 16.4. The van der Waals surface area contributed by atoms with E-state index in [-0.39, 0.29) is 18.0 Å². The van der Waals surface area contributed by atoms with E-state index in [2.05, 4.69) is 25.5 Å². The highest BCUT2D eigenvalue weighted by atomic mass is 79.9. The van der Waals surface area contributed by atoms with E-state index in [1.54, 1.807) is 18.3 Å². The van der Waals surface area contributed by atoms with Crippen LogP contribution in [0, 0.1) is 0 Å². The Morgan fingerprint density at radius 1 is 1.18 bits per heavy atom. The van der Waals surface area contributed by atoms with Gasteiger partial charge in [-0.05, 0) is 84.1 Å². The maximum absolute atomic E-state index is 13.1. The van der Waals surface area contributed by atoms with Crippen molar-refractivity contribution in [1.29, 1.82) is 0 Å². The summed E-state index contributed by atoms with van der Waals surface area (Å²) >= 11 is 4.91. The molecule has 4 aromatic rings. The molecule has 9 heteroatoms. The molecular weight excluding hydrogens is 514 g/mol. The predicted octanol–water partition coefficient (Wildman–Crippen LogP) is 5.28. The number of fused-ring (bicyclic) bond motifs is 1. The van der Waals surface area contributed by atoms with Crippen molar-refractivity contribution in [3.05, 3.63) is 69.0 Å². The molecule has 174 valence electrons. The number of pyridine rings is 1. The number of hydrogen-bond donors (Lipinski definition) is 1. The third-order valence-corrected chi connectivity index (χ3v) is 8.12. The minimum Gasteiger partial charge on any atom is -0.366 e. The zero-order valence-corrected chi connectivity index (χ0v) is 21.1. The minimum absolute atomic E-state index is 0.0490. The van der Waals surface area contributed by atoms with Crippen molar-refractivity contribution in [3.63, 3.8) is 0 Å². The second-order valence-electron chi connectivity index (χ2n) is 8.58. The maximum atomic E-state index is 13.1. The number of halogens is 1. The van der Waals surface area contributed by atoms with Crippen molar-refractivity contribution < 1.29 is 9.59 Å². The van der Waals surface area contributed by atoms with Gasteiger partial charge in [0.2, 0.25) is 5.91 Å². The molecule has 2 atom stereocenters. The van der Waals surface area contributed by atoms with Crippen LogP contribution in [-0.2, 0) is 0 Å². The number of hydrogen-bond acceptors (Lipinski definition) is 5. The predicted molar refractivity (Wildman–Crippen MR) is 137 cm³/mol. The van der Waals surface area contributed by atoms with E-state index >= 15 is 0 Å². The number of primary amides is 1. The lowest BCUT2D eigenvalue weighted by atomic mass is 9.89. The molecule has 1 fully saturated rings. The molecule has 0 aliphatic heterocycles. The summed E-state index contributed by atoms with van der Waals surface area (Å²) in [5.41, 5.74) is 8.36. The molecule has 1 aromatic carbocycles. The van der Waals surface area contributed by atoms with Gasteiger partial charge in [-0.15, -0.1) is 11.3 Å². The number of rotatable bonds is 5. The van der Waals surface area contributed by atoms with Crippen LogP contribution in [0.25, 0.3) is 22.6 Å². The fraction of sp³-hybridized carbons (Fsp3) is 0.280. The summed E-state index contributed by atoms with van der Waals surface area (Å²) in [5, 5.41) is 0. The van der Waals surface area contributed by atoms with Crippen molar-refractivity contribution in [2.75, 3.05) is 7.05 Å². The molecule has 1 aliphatic carbocycles. The van der Waals surface area contributed by atoms with Gasteiger partial charge in [-0.3, -0.25) is 14.6 Å². The highest BCUT2D eigenvalue weighted by molar-refractivity contribution is 9.11. The first-order valence-electron chi connectivity index (χ1n) is 11.2. The Kier molecular flexibility index (Phi) is 6.22.